The summed E-state index contributed by atoms with van der Waals surface area (Å²) in [6.07, 6.45) is -15.3. The van der Waals surface area contributed by atoms with Crippen LogP contribution in [0.1, 0.15) is 39.8 Å². The van der Waals surface area contributed by atoms with E-state index in [1.54, 1.807) is 0 Å². The van der Waals surface area contributed by atoms with Crippen molar-refractivity contribution in [3.05, 3.63) is 257 Å². The molecule has 0 amide bonds. The Bertz CT molecular complexity index is 3090. The quantitative estimate of drug-likeness (QED) is 0.0273. The largest absolute Gasteiger partial charge is 0.388 e. The number of aliphatic hydroxyl groups is 1. The van der Waals surface area contributed by atoms with Crippen molar-refractivity contribution in [2.45, 2.75) is 138 Å². The number of benzene rings is 6. The number of hydrogen-bond donors (Lipinski definition) is 1. The molecule has 0 aromatic heterocycles. The van der Waals surface area contributed by atoms with Gasteiger partial charge in [-0.25, -0.2) is 0 Å². The predicted octanol–water partition coefficient (Wildman–Crippen LogP) is 11.5. The predicted molar refractivity (Wildman–Crippen MR) is 302 cm³/mol. The third-order valence-corrected chi connectivity index (χ3v) is 14.4. The van der Waals surface area contributed by atoms with Crippen molar-refractivity contribution < 1.29 is 52.5 Å². The first kappa shape index (κ1) is 59.7. The Morgan fingerprint density at radius 3 is 1.18 bits per heavy atom. The molecule has 3 fully saturated rings. The van der Waals surface area contributed by atoms with Gasteiger partial charge in [-0.2, -0.15) is 0 Å². The Morgan fingerprint density at radius 2 is 0.759 bits per heavy atom. The second kappa shape index (κ2) is 31.5. The zero-order valence-corrected chi connectivity index (χ0v) is 45.2. The van der Waals surface area contributed by atoms with Crippen LogP contribution in [0.25, 0.3) is 41.8 Å². The Morgan fingerprint density at radius 1 is 0.398 bits per heavy atom. The van der Waals surface area contributed by atoms with Gasteiger partial charge in [0.05, 0.1) is 95.3 Å². The van der Waals surface area contributed by atoms with Crippen molar-refractivity contribution in [2.24, 2.45) is 20.5 Å². The highest BCUT2D eigenvalue weighted by Crippen LogP contribution is 2.39. The van der Waals surface area contributed by atoms with E-state index in [0.717, 1.165) is 33.4 Å². The van der Waals surface area contributed by atoms with Crippen LogP contribution in [0.2, 0.25) is 0 Å². The van der Waals surface area contributed by atoms with Crippen molar-refractivity contribution in [1.82, 2.24) is 0 Å². The second-order valence-corrected chi connectivity index (χ2v) is 20.0. The number of hydrogen-bond acceptors (Lipinski definition) is 15. The molecule has 430 valence electrons. The summed E-state index contributed by atoms with van der Waals surface area (Å²) < 4.78 is 67.4. The SMILES string of the molecule is [N-]=[N+]=NC[C@@H]1O[C@@H](O[C@H]2[C@H](O)[C@@H](O[C@H]3O[C@H](COCc4ccccc4)[C@@H](OCc4ccccc4)[C@H](N=[N+]=[N-])[C@H]3OCc3ccccc3)[C@H](N=[N+]=[N-])C[C@@H]2N=[N+]=[N-])[C@@H](OCc2ccccc2)[C@H](OCc2ccccc2)[C@H]1OCc1ccccc1. The number of aliphatic hydroxyl groups excluding tert-OH is 1. The maximum atomic E-state index is 13.0. The van der Waals surface area contributed by atoms with Gasteiger partial charge >= 0.3 is 0 Å². The summed E-state index contributed by atoms with van der Waals surface area (Å²) in [7, 11) is 0. The van der Waals surface area contributed by atoms with Gasteiger partial charge < -0.3 is 52.5 Å². The topological polar surface area (TPSA) is 308 Å². The molecule has 9 rings (SSSR count). The van der Waals surface area contributed by atoms with Gasteiger partial charge in [0.15, 0.2) is 12.6 Å². The molecule has 1 saturated carbocycles. The van der Waals surface area contributed by atoms with E-state index in [-0.39, 0.29) is 59.2 Å². The number of rotatable bonds is 28. The molecule has 83 heavy (non-hydrogen) atoms. The summed E-state index contributed by atoms with van der Waals surface area (Å²) in [6.45, 7) is 0.190. The monoisotopic (exact) mass is 1130 g/mol. The summed E-state index contributed by atoms with van der Waals surface area (Å²) in [4.78, 5) is 12.6. The normalized spacial score (nSPS) is 27.6. The van der Waals surface area contributed by atoms with Crippen LogP contribution in [0.3, 0.4) is 0 Å². The van der Waals surface area contributed by atoms with E-state index in [4.69, 9.17) is 47.4 Å². The van der Waals surface area contributed by atoms with Gasteiger partial charge in [-0.1, -0.05) is 202 Å². The van der Waals surface area contributed by atoms with Gasteiger partial charge in [0.1, 0.15) is 36.6 Å². The lowest BCUT2D eigenvalue weighted by Gasteiger charge is -2.50. The average Bonchev–Trinajstić information content (AvgIpc) is 3.72. The van der Waals surface area contributed by atoms with Crippen LogP contribution in [0.5, 0.6) is 0 Å². The highest BCUT2D eigenvalue weighted by Gasteiger charge is 2.55. The molecular weight excluding hydrogens is 1060 g/mol. The van der Waals surface area contributed by atoms with Crippen molar-refractivity contribution in [3.8, 4) is 0 Å². The standard InChI is InChI=1S/C60H64N12O11/c61-69-65-32-48-55(76-35-42-23-11-3-12-24-42)57(78-37-44-27-15-5-16-28-44)58(79-38-45-29-17-6-18-30-45)60(80-48)83-53-47(67-71-63)31-46(66-70-62)52(51(53)73)82-59-56(77-36-43-25-13-4-14-26-43)50(68-72-64)54(75-34-41-21-9-2-10-22-41)49(81-59)39-74-33-40-19-7-1-8-20-40/h1-30,46-60,73H,31-39H2/t46-,47+,48+,49-,50+,51-,52+,53-,54-,55+,56-,57-,58+,59-,60+/m1/s1. The van der Waals surface area contributed by atoms with Crippen LogP contribution in [0.4, 0.5) is 0 Å². The molecule has 0 bridgehead atoms. The van der Waals surface area contributed by atoms with E-state index < -0.39 is 91.7 Å². The third-order valence-electron chi connectivity index (χ3n) is 14.4. The van der Waals surface area contributed by atoms with E-state index in [9.17, 15) is 27.2 Å². The van der Waals surface area contributed by atoms with Crippen LogP contribution in [-0.4, -0.2) is 110 Å². The van der Waals surface area contributed by atoms with Crippen molar-refractivity contribution >= 4 is 0 Å². The summed E-state index contributed by atoms with van der Waals surface area (Å²) >= 11 is 0. The minimum Gasteiger partial charge on any atom is -0.388 e. The maximum absolute atomic E-state index is 13.0. The van der Waals surface area contributed by atoms with Gasteiger partial charge in [-0.05, 0) is 61.9 Å². The lowest BCUT2D eigenvalue weighted by molar-refractivity contribution is -0.348. The van der Waals surface area contributed by atoms with Crippen LogP contribution in [0, 0.1) is 0 Å². The third kappa shape index (κ3) is 16.7. The molecule has 3 aliphatic rings. The van der Waals surface area contributed by atoms with E-state index in [1.807, 2.05) is 182 Å². The van der Waals surface area contributed by atoms with Crippen molar-refractivity contribution in [3.63, 3.8) is 0 Å². The summed E-state index contributed by atoms with van der Waals surface area (Å²) in [5.74, 6) is 0. The summed E-state index contributed by atoms with van der Waals surface area (Å²) in [5.41, 5.74) is 45.2. The van der Waals surface area contributed by atoms with Gasteiger partial charge in [-0.3, -0.25) is 0 Å². The Hall–Kier alpha value is -7.88. The average molecular weight is 1130 g/mol. The zero-order chi connectivity index (χ0) is 57.4. The van der Waals surface area contributed by atoms with E-state index >= 15 is 0 Å². The molecule has 15 atom stereocenters. The lowest BCUT2D eigenvalue weighted by Crippen LogP contribution is -2.66. The fourth-order valence-corrected chi connectivity index (χ4v) is 10.4. The zero-order valence-electron chi connectivity index (χ0n) is 45.2. The highest BCUT2D eigenvalue weighted by molar-refractivity contribution is 5.19. The fraction of sp³-hybridized carbons (Fsp3) is 0.400. The molecule has 23 nitrogen and oxygen atoms in total. The molecule has 1 N–H and O–H groups in total. The first-order valence-corrected chi connectivity index (χ1v) is 27.3. The van der Waals surface area contributed by atoms with E-state index in [0.29, 0.717) is 0 Å². The van der Waals surface area contributed by atoms with Crippen LogP contribution >= 0.6 is 0 Å². The Kier molecular flexibility index (Phi) is 22.7. The van der Waals surface area contributed by atoms with Crippen LogP contribution < -0.4 is 0 Å². The number of ether oxygens (including phenoxy) is 10. The fourth-order valence-electron chi connectivity index (χ4n) is 10.4. The van der Waals surface area contributed by atoms with E-state index in [1.165, 1.54) is 0 Å². The molecular formula is C60H64N12O11. The van der Waals surface area contributed by atoms with Crippen molar-refractivity contribution in [2.75, 3.05) is 13.2 Å². The molecule has 2 heterocycles. The van der Waals surface area contributed by atoms with Gasteiger partial charge in [0, 0.05) is 19.6 Å². The first-order chi connectivity index (χ1) is 40.9. The Balaban J connectivity index is 1.08. The van der Waals surface area contributed by atoms with Gasteiger partial charge in [0.2, 0.25) is 0 Å². The number of nitrogens with zero attached hydrogens (tertiary/aromatic N) is 12. The second-order valence-electron chi connectivity index (χ2n) is 20.0. The molecule has 0 unspecified atom stereocenters. The molecule has 1 aliphatic carbocycles. The molecule has 0 spiro atoms. The first-order valence-electron chi connectivity index (χ1n) is 27.3. The van der Waals surface area contributed by atoms with Crippen molar-refractivity contribution in [1.29, 1.82) is 0 Å². The number of azide groups is 4. The molecule has 6 aromatic rings. The minimum atomic E-state index is -1.80. The molecule has 2 saturated heterocycles. The van der Waals surface area contributed by atoms with Gasteiger partial charge in [-0.15, -0.1) is 0 Å². The molecule has 0 radical (unpaired) electrons. The lowest BCUT2D eigenvalue weighted by atomic mass is 9.84. The maximum Gasteiger partial charge on any atom is 0.187 e. The molecule has 6 aromatic carbocycles. The smallest absolute Gasteiger partial charge is 0.187 e. The van der Waals surface area contributed by atoms with Crippen LogP contribution in [-0.2, 0) is 87.0 Å². The molecule has 23 heteroatoms. The van der Waals surface area contributed by atoms with Gasteiger partial charge in [0.25, 0.3) is 0 Å². The summed E-state index contributed by atoms with van der Waals surface area (Å²) in [6, 6.07) is 53.1. The highest BCUT2D eigenvalue weighted by atomic mass is 16.7. The molecule has 2 aliphatic heterocycles. The van der Waals surface area contributed by atoms with E-state index in [2.05, 4.69) is 40.1 Å². The Labute approximate surface area is 479 Å². The minimum absolute atomic E-state index is 0.00554. The van der Waals surface area contributed by atoms with Crippen LogP contribution in [0.15, 0.2) is 202 Å². The summed E-state index contributed by atoms with van der Waals surface area (Å²) in [5, 5.41) is 29.4.